The number of nitrogen functional groups attached to an aromatic ring is 1. The van der Waals surface area contributed by atoms with Crippen LogP contribution < -0.4 is 15.8 Å². The standard InChI is InChI=1S/C21H20ClFN4O2/c22-15-7-11(1-4-16(15)23)27-21-19-18(25-10-26-21)6-5-17(24)20(19)29-14-8-12-2-3-13(9-14)28-12/h1,4-7,10,12-14H,2-3,8-9,24H2,(H,25,26,27). The lowest BCUT2D eigenvalue weighted by Crippen LogP contribution is -2.32. The average molecular weight is 415 g/mol. The first-order valence-corrected chi connectivity index (χ1v) is 10.0. The van der Waals surface area contributed by atoms with Crippen LogP contribution in [0.4, 0.5) is 21.6 Å². The monoisotopic (exact) mass is 414 g/mol. The van der Waals surface area contributed by atoms with Crippen molar-refractivity contribution in [1.29, 1.82) is 0 Å². The van der Waals surface area contributed by atoms with Crippen molar-refractivity contribution in [3.05, 3.63) is 47.5 Å². The van der Waals surface area contributed by atoms with Crippen LogP contribution in [0.25, 0.3) is 10.9 Å². The number of nitrogens with zero attached hydrogens (tertiary/aromatic N) is 2. The molecule has 2 aromatic carbocycles. The molecule has 0 aliphatic carbocycles. The number of rotatable bonds is 4. The minimum Gasteiger partial charge on any atom is -0.487 e. The zero-order valence-electron chi connectivity index (χ0n) is 15.6. The highest BCUT2D eigenvalue weighted by molar-refractivity contribution is 6.31. The Kier molecular flexibility index (Phi) is 4.64. The van der Waals surface area contributed by atoms with Gasteiger partial charge in [-0.3, -0.25) is 0 Å². The second-order valence-corrected chi connectivity index (χ2v) is 7.93. The van der Waals surface area contributed by atoms with Crippen LogP contribution in [-0.2, 0) is 4.74 Å². The number of aromatic nitrogens is 2. The molecule has 2 aliphatic rings. The molecule has 0 radical (unpaired) electrons. The zero-order valence-corrected chi connectivity index (χ0v) is 16.3. The lowest BCUT2D eigenvalue weighted by atomic mass is 10.1. The molecule has 0 amide bonds. The Labute approximate surface area is 172 Å². The molecular weight excluding hydrogens is 395 g/mol. The lowest BCUT2D eigenvalue weighted by molar-refractivity contribution is -0.0433. The summed E-state index contributed by atoms with van der Waals surface area (Å²) in [6, 6.07) is 8.02. The molecule has 3 aromatic rings. The molecule has 29 heavy (non-hydrogen) atoms. The van der Waals surface area contributed by atoms with Gasteiger partial charge in [0.1, 0.15) is 24.1 Å². The molecule has 6 nitrogen and oxygen atoms in total. The summed E-state index contributed by atoms with van der Waals surface area (Å²) >= 11 is 5.91. The van der Waals surface area contributed by atoms with E-state index in [-0.39, 0.29) is 23.3 Å². The van der Waals surface area contributed by atoms with E-state index in [2.05, 4.69) is 15.3 Å². The molecule has 3 N–H and O–H groups in total. The summed E-state index contributed by atoms with van der Waals surface area (Å²) < 4.78 is 25.8. The molecule has 8 heteroatoms. The fourth-order valence-corrected chi connectivity index (χ4v) is 4.32. The molecule has 2 aliphatic heterocycles. The van der Waals surface area contributed by atoms with E-state index in [1.165, 1.54) is 18.5 Å². The summed E-state index contributed by atoms with van der Waals surface area (Å²) in [7, 11) is 0. The van der Waals surface area contributed by atoms with Crippen molar-refractivity contribution in [2.24, 2.45) is 0 Å². The van der Waals surface area contributed by atoms with E-state index < -0.39 is 5.82 Å². The number of nitrogens with one attached hydrogen (secondary N) is 1. The molecule has 1 aromatic heterocycles. The van der Waals surface area contributed by atoms with Crippen LogP contribution >= 0.6 is 11.6 Å². The van der Waals surface area contributed by atoms with Gasteiger partial charge >= 0.3 is 0 Å². The maximum absolute atomic E-state index is 13.5. The van der Waals surface area contributed by atoms with Gasteiger partial charge in [0.05, 0.1) is 33.8 Å². The van der Waals surface area contributed by atoms with Crippen LogP contribution in [0.5, 0.6) is 5.75 Å². The molecule has 150 valence electrons. The van der Waals surface area contributed by atoms with Gasteiger partial charge in [-0.05, 0) is 43.2 Å². The fraction of sp³-hybridized carbons (Fsp3) is 0.333. The van der Waals surface area contributed by atoms with E-state index in [1.807, 2.05) is 6.07 Å². The maximum Gasteiger partial charge on any atom is 0.155 e. The van der Waals surface area contributed by atoms with E-state index in [0.29, 0.717) is 33.8 Å². The Balaban J connectivity index is 1.53. The molecule has 0 spiro atoms. The van der Waals surface area contributed by atoms with Crippen molar-refractivity contribution in [2.45, 2.75) is 44.0 Å². The van der Waals surface area contributed by atoms with Crippen molar-refractivity contribution in [1.82, 2.24) is 9.97 Å². The molecule has 2 saturated heterocycles. The Morgan fingerprint density at radius 1 is 1.14 bits per heavy atom. The predicted octanol–water partition coefficient (Wildman–Crippen LogP) is 4.84. The minimum absolute atomic E-state index is 0.0297. The van der Waals surface area contributed by atoms with Crippen molar-refractivity contribution in [3.63, 3.8) is 0 Å². The highest BCUT2D eigenvalue weighted by Crippen LogP contribution is 2.40. The van der Waals surface area contributed by atoms with Gasteiger partial charge in [0.15, 0.2) is 5.75 Å². The molecule has 5 rings (SSSR count). The first-order chi connectivity index (χ1) is 14.1. The summed E-state index contributed by atoms with van der Waals surface area (Å²) in [6.45, 7) is 0. The number of nitrogens with two attached hydrogens (primary N) is 1. The Morgan fingerprint density at radius 3 is 2.69 bits per heavy atom. The quantitative estimate of drug-likeness (QED) is 0.594. The first kappa shape index (κ1) is 18.4. The summed E-state index contributed by atoms with van der Waals surface area (Å²) in [6.07, 6.45) is 5.85. The number of ether oxygens (including phenoxy) is 2. The molecular formula is C21H20ClFN4O2. The van der Waals surface area contributed by atoms with Crippen molar-refractivity contribution >= 4 is 39.7 Å². The molecule has 2 bridgehead atoms. The molecule has 2 fully saturated rings. The van der Waals surface area contributed by atoms with E-state index in [4.69, 9.17) is 26.8 Å². The van der Waals surface area contributed by atoms with Crippen molar-refractivity contribution < 1.29 is 13.9 Å². The fourth-order valence-electron chi connectivity index (χ4n) is 4.14. The highest BCUT2D eigenvalue weighted by atomic mass is 35.5. The second-order valence-electron chi connectivity index (χ2n) is 7.52. The third-order valence-corrected chi connectivity index (χ3v) is 5.79. The molecule has 2 unspecified atom stereocenters. The van der Waals surface area contributed by atoms with Crippen molar-refractivity contribution in [2.75, 3.05) is 11.1 Å². The second kappa shape index (κ2) is 7.31. The Bertz CT molecular complexity index is 1070. The average Bonchev–Trinajstić information content (AvgIpc) is 3.05. The van der Waals surface area contributed by atoms with Crippen LogP contribution in [-0.4, -0.2) is 28.3 Å². The van der Waals surface area contributed by atoms with E-state index in [0.717, 1.165) is 25.7 Å². The SMILES string of the molecule is Nc1ccc2ncnc(Nc3ccc(F)c(Cl)c3)c2c1OC1CC2CCC(C1)O2. The van der Waals surface area contributed by atoms with Crippen LogP contribution in [0.3, 0.4) is 0 Å². The van der Waals surface area contributed by atoms with E-state index >= 15 is 0 Å². The predicted molar refractivity (Wildman–Crippen MR) is 110 cm³/mol. The van der Waals surface area contributed by atoms with Crippen LogP contribution in [0.1, 0.15) is 25.7 Å². The third kappa shape index (κ3) is 3.56. The van der Waals surface area contributed by atoms with Gasteiger partial charge in [0.25, 0.3) is 0 Å². The van der Waals surface area contributed by atoms with Gasteiger partial charge < -0.3 is 20.5 Å². The maximum atomic E-state index is 13.5. The largest absolute Gasteiger partial charge is 0.487 e. The Hall–Kier alpha value is -2.64. The summed E-state index contributed by atoms with van der Waals surface area (Å²) in [5.41, 5.74) is 8.11. The third-order valence-electron chi connectivity index (χ3n) is 5.50. The number of fused-ring (bicyclic) bond motifs is 3. The van der Waals surface area contributed by atoms with Gasteiger partial charge in [0, 0.05) is 18.5 Å². The minimum atomic E-state index is -0.479. The Morgan fingerprint density at radius 2 is 1.93 bits per heavy atom. The van der Waals surface area contributed by atoms with Gasteiger partial charge in [-0.2, -0.15) is 0 Å². The highest BCUT2D eigenvalue weighted by Gasteiger charge is 2.36. The van der Waals surface area contributed by atoms with Gasteiger partial charge in [-0.1, -0.05) is 11.6 Å². The molecule has 3 heterocycles. The topological polar surface area (TPSA) is 82.3 Å². The smallest absolute Gasteiger partial charge is 0.155 e. The number of anilines is 3. The summed E-state index contributed by atoms with van der Waals surface area (Å²) in [4.78, 5) is 8.73. The molecule has 0 saturated carbocycles. The van der Waals surface area contributed by atoms with E-state index in [1.54, 1.807) is 12.1 Å². The van der Waals surface area contributed by atoms with Gasteiger partial charge in [-0.15, -0.1) is 0 Å². The van der Waals surface area contributed by atoms with Crippen LogP contribution in [0.2, 0.25) is 5.02 Å². The summed E-state index contributed by atoms with van der Waals surface area (Å²) in [5.74, 6) is 0.604. The number of hydrogen-bond acceptors (Lipinski definition) is 6. The van der Waals surface area contributed by atoms with E-state index in [9.17, 15) is 4.39 Å². The van der Waals surface area contributed by atoms with Crippen LogP contribution in [0.15, 0.2) is 36.7 Å². The zero-order chi connectivity index (χ0) is 20.0. The lowest BCUT2D eigenvalue weighted by Gasteiger charge is -2.29. The number of hydrogen-bond donors (Lipinski definition) is 2. The normalized spacial score (nSPS) is 23.3. The van der Waals surface area contributed by atoms with Crippen molar-refractivity contribution in [3.8, 4) is 5.75 Å². The number of benzene rings is 2. The number of halogens is 2. The molecule has 2 atom stereocenters. The van der Waals surface area contributed by atoms with Gasteiger partial charge in [0.2, 0.25) is 0 Å². The summed E-state index contributed by atoms with van der Waals surface area (Å²) in [5, 5.41) is 3.90. The van der Waals surface area contributed by atoms with Gasteiger partial charge in [-0.25, -0.2) is 14.4 Å². The van der Waals surface area contributed by atoms with Crippen LogP contribution in [0, 0.1) is 5.82 Å². The first-order valence-electron chi connectivity index (χ1n) is 9.64.